The van der Waals surface area contributed by atoms with Gasteiger partial charge in [-0.25, -0.2) is 0 Å². The summed E-state index contributed by atoms with van der Waals surface area (Å²) >= 11 is 6.40. The van der Waals surface area contributed by atoms with Crippen molar-refractivity contribution in [1.82, 2.24) is 5.32 Å². The Morgan fingerprint density at radius 2 is 1.84 bits per heavy atom. The molecule has 2 aliphatic rings. The molecule has 2 aromatic carbocycles. The molecule has 132 valence electrons. The largest absolute Gasteiger partial charge is 0.317 e. The Labute approximate surface area is 156 Å². The van der Waals surface area contributed by atoms with Crippen molar-refractivity contribution in [2.75, 3.05) is 26.7 Å². The van der Waals surface area contributed by atoms with Gasteiger partial charge in [0, 0.05) is 29.5 Å². The molecule has 3 heteroatoms. The SMILES string of the molecule is CC1(C)C[N+](C)([C@H]2C[C@H](c3ccccc3)c3ccc(Cl)cc32)CCN1. The van der Waals surface area contributed by atoms with Crippen LogP contribution in [0.3, 0.4) is 0 Å². The normalized spacial score (nSPS) is 30.9. The maximum Gasteiger partial charge on any atom is 0.116 e. The van der Waals surface area contributed by atoms with Crippen molar-refractivity contribution in [2.24, 2.45) is 0 Å². The van der Waals surface area contributed by atoms with Crippen LogP contribution in [0.4, 0.5) is 0 Å². The molecular weight excluding hydrogens is 328 g/mol. The predicted octanol–water partition coefficient (Wildman–Crippen LogP) is 4.75. The van der Waals surface area contributed by atoms with E-state index in [-0.39, 0.29) is 5.54 Å². The quantitative estimate of drug-likeness (QED) is 0.767. The van der Waals surface area contributed by atoms with Crippen LogP contribution >= 0.6 is 11.6 Å². The van der Waals surface area contributed by atoms with Crippen LogP contribution < -0.4 is 5.32 Å². The summed E-state index contributed by atoms with van der Waals surface area (Å²) in [6.45, 7) is 8.04. The van der Waals surface area contributed by atoms with E-state index in [1.165, 1.54) is 29.7 Å². The lowest BCUT2D eigenvalue weighted by Gasteiger charge is -2.49. The van der Waals surface area contributed by atoms with Gasteiger partial charge in [0.25, 0.3) is 0 Å². The van der Waals surface area contributed by atoms with Gasteiger partial charge in [0.1, 0.15) is 6.04 Å². The van der Waals surface area contributed by atoms with Gasteiger partial charge in [-0.15, -0.1) is 0 Å². The molecule has 2 aromatic rings. The minimum absolute atomic E-state index is 0.177. The van der Waals surface area contributed by atoms with E-state index in [9.17, 15) is 0 Å². The van der Waals surface area contributed by atoms with Gasteiger partial charge in [-0.05, 0) is 37.1 Å². The van der Waals surface area contributed by atoms with Crippen molar-refractivity contribution < 1.29 is 4.48 Å². The highest BCUT2D eigenvalue weighted by Gasteiger charge is 2.47. The maximum atomic E-state index is 6.40. The summed E-state index contributed by atoms with van der Waals surface area (Å²) in [6.07, 6.45) is 1.17. The molecular formula is C22H28ClN2+. The van der Waals surface area contributed by atoms with Crippen molar-refractivity contribution in [3.05, 3.63) is 70.2 Å². The predicted molar refractivity (Wildman–Crippen MR) is 105 cm³/mol. The van der Waals surface area contributed by atoms with Crippen LogP contribution in [0.25, 0.3) is 0 Å². The van der Waals surface area contributed by atoms with Crippen LogP contribution in [0.2, 0.25) is 5.02 Å². The average Bonchev–Trinajstić information content (AvgIpc) is 2.94. The zero-order valence-electron chi connectivity index (χ0n) is 15.4. The molecule has 3 atom stereocenters. The van der Waals surface area contributed by atoms with Crippen LogP contribution in [0.1, 0.15) is 48.9 Å². The van der Waals surface area contributed by atoms with Crippen LogP contribution in [0.5, 0.6) is 0 Å². The van der Waals surface area contributed by atoms with Crippen molar-refractivity contribution in [2.45, 2.75) is 37.8 Å². The zero-order valence-corrected chi connectivity index (χ0v) is 16.2. The number of likely N-dealkylation sites (N-methyl/N-ethyl adjacent to an activating group) is 1. The van der Waals surface area contributed by atoms with Gasteiger partial charge < -0.3 is 9.80 Å². The fraction of sp³-hybridized carbons (Fsp3) is 0.455. The fourth-order valence-corrected chi connectivity index (χ4v) is 5.35. The molecule has 1 fully saturated rings. The van der Waals surface area contributed by atoms with E-state index in [2.05, 4.69) is 74.7 Å². The second-order valence-corrected chi connectivity index (χ2v) is 9.10. The van der Waals surface area contributed by atoms with E-state index >= 15 is 0 Å². The van der Waals surface area contributed by atoms with Gasteiger partial charge in [0.05, 0.1) is 25.7 Å². The average molecular weight is 356 g/mol. The number of piperazine rings is 1. The highest BCUT2D eigenvalue weighted by molar-refractivity contribution is 6.30. The monoisotopic (exact) mass is 355 g/mol. The Morgan fingerprint density at radius 1 is 1.08 bits per heavy atom. The molecule has 0 spiro atoms. The van der Waals surface area contributed by atoms with E-state index in [0.717, 1.165) is 22.6 Å². The maximum absolute atomic E-state index is 6.40. The van der Waals surface area contributed by atoms with Gasteiger partial charge >= 0.3 is 0 Å². The standard InChI is InChI=1S/C22H28ClN2/c1-22(2)15-25(3,12-11-24-22)21-14-19(16-7-5-4-6-8-16)18-10-9-17(23)13-20(18)21/h4-10,13,19,21,24H,11-12,14-15H2,1-3H3/q+1/t19-,21+,25?/m1/s1. The molecule has 0 saturated carbocycles. The number of hydrogen-bond acceptors (Lipinski definition) is 1. The van der Waals surface area contributed by atoms with Crippen LogP contribution in [-0.2, 0) is 0 Å². The smallest absolute Gasteiger partial charge is 0.116 e. The number of hydrogen-bond donors (Lipinski definition) is 1. The van der Waals surface area contributed by atoms with E-state index < -0.39 is 0 Å². The number of quaternary nitrogens is 1. The summed E-state index contributed by atoms with van der Waals surface area (Å²) in [6, 6.07) is 18.0. The van der Waals surface area contributed by atoms with Crippen LogP contribution in [0, 0.1) is 0 Å². The molecule has 1 heterocycles. The Balaban J connectivity index is 1.76. The molecule has 4 rings (SSSR count). The van der Waals surface area contributed by atoms with Gasteiger partial charge in [-0.3, -0.25) is 0 Å². The highest BCUT2D eigenvalue weighted by Crippen LogP contribution is 2.50. The zero-order chi connectivity index (χ0) is 17.7. The number of fused-ring (bicyclic) bond motifs is 1. The van der Waals surface area contributed by atoms with Gasteiger partial charge in [-0.2, -0.15) is 0 Å². The van der Waals surface area contributed by atoms with E-state index in [4.69, 9.17) is 11.6 Å². The first kappa shape index (κ1) is 17.1. The topological polar surface area (TPSA) is 12.0 Å². The Bertz CT molecular complexity index is 771. The lowest BCUT2D eigenvalue weighted by atomic mass is 9.92. The number of nitrogens with zero attached hydrogens (tertiary/aromatic N) is 1. The molecule has 1 saturated heterocycles. The molecule has 1 N–H and O–H groups in total. The third kappa shape index (κ3) is 3.12. The molecule has 0 radical (unpaired) electrons. The van der Waals surface area contributed by atoms with Gasteiger partial charge in [0.15, 0.2) is 0 Å². The molecule has 2 nitrogen and oxygen atoms in total. The van der Waals surface area contributed by atoms with Crippen LogP contribution in [0.15, 0.2) is 48.5 Å². The van der Waals surface area contributed by atoms with E-state index in [1.54, 1.807) is 0 Å². The summed E-state index contributed by atoms with van der Waals surface area (Å²) in [5.41, 5.74) is 4.53. The number of benzene rings is 2. The number of nitrogens with one attached hydrogen (secondary N) is 1. The molecule has 1 aliphatic carbocycles. The van der Waals surface area contributed by atoms with Gasteiger partial charge in [-0.1, -0.05) is 48.0 Å². The first-order chi connectivity index (χ1) is 11.9. The first-order valence-electron chi connectivity index (χ1n) is 9.32. The first-order valence-corrected chi connectivity index (χ1v) is 9.69. The number of halogens is 1. The van der Waals surface area contributed by atoms with Crippen molar-refractivity contribution in [3.8, 4) is 0 Å². The van der Waals surface area contributed by atoms with Crippen molar-refractivity contribution in [3.63, 3.8) is 0 Å². The van der Waals surface area contributed by atoms with E-state index in [1.807, 2.05) is 0 Å². The summed E-state index contributed by atoms with van der Waals surface area (Å²) in [4.78, 5) is 0. The Hall–Kier alpha value is -1.35. The minimum atomic E-state index is 0.177. The molecule has 1 aliphatic heterocycles. The highest BCUT2D eigenvalue weighted by atomic mass is 35.5. The van der Waals surface area contributed by atoms with Crippen molar-refractivity contribution in [1.29, 1.82) is 0 Å². The lowest BCUT2D eigenvalue weighted by molar-refractivity contribution is -0.945. The molecule has 0 aromatic heterocycles. The lowest BCUT2D eigenvalue weighted by Crippen LogP contribution is -2.65. The number of rotatable bonds is 2. The molecule has 25 heavy (non-hydrogen) atoms. The van der Waals surface area contributed by atoms with Gasteiger partial charge in [0.2, 0.25) is 0 Å². The summed E-state index contributed by atoms with van der Waals surface area (Å²) in [7, 11) is 2.44. The van der Waals surface area contributed by atoms with Crippen molar-refractivity contribution >= 4 is 11.6 Å². The Morgan fingerprint density at radius 3 is 2.56 bits per heavy atom. The minimum Gasteiger partial charge on any atom is -0.317 e. The molecule has 0 bridgehead atoms. The second-order valence-electron chi connectivity index (χ2n) is 8.66. The Kier molecular flexibility index (Phi) is 4.18. The van der Waals surface area contributed by atoms with Crippen LogP contribution in [-0.4, -0.2) is 36.7 Å². The fourth-order valence-electron chi connectivity index (χ4n) is 5.17. The molecule has 0 amide bonds. The summed E-state index contributed by atoms with van der Waals surface area (Å²) in [5, 5.41) is 4.53. The summed E-state index contributed by atoms with van der Waals surface area (Å²) < 4.78 is 1.09. The third-order valence-corrected chi connectivity index (χ3v) is 6.41. The molecule has 1 unspecified atom stereocenters. The van der Waals surface area contributed by atoms with E-state index in [0.29, 0.717) is 12.0 Å². The summed E-state index contributed by atoms with van der Waals surface area (Å²) in [5.74, 6) is 0.478. The second kappa shape index (κ2) is 6.12. The third-order valence-electron chi connectivity index (χ3n) is 6.18.